The molecule has 2 aromatic carbocycles. The van der Waals surface area contributed by atoms with Crippen molar-refractivity contribution in [3.63, 3.8) is 0 Å². The third-order valence-corrected chi connectivity index (χ3v) is 7.24. The summed E-state index contributed by atoms with van der Waals surface area (Å²) in [6, 6.07) is 14.8. The number of hydrogen-bond acceptors (Lipinski definition) is 3. The van der Waals surface area contributed by atoms with Crippen LogP contribution in [0.4, 0.5) is 0 Å². The van der Waals surface area contributed by atoms with Crippen LogP contribution in [0.15, 0.2) is 58.4 Å². The number of hydrogen-bond donors (Lipinski definition) is 2. The Bertz CT molecular complexity index is 946. The molecule has 6 nitrogen and oxygen atoms in total. The molecule has 3 rings (SSSR count). The Labute approximate surface area is 201 Å². The fraction of sp³-hybridized carbons (Fsp3) is 0.381. The molecule has 0 atom stereocenters. The molecule has 0 radical (unpaired) electrons. The van der Waals surface area contributed by atoms with E-state index in [4.69, 9.17) is 11.6 Å². The van der Waals surface area contributed by atoms with Crippen molar-refractivity contribution in [1.82, 2.24) is 14.9 Å². The van der Waals surface area contributed by atoms with Crippen molar-refractivity contribution >= 4 is 51.6 Å². The van der Waals surface area contributed by atoms with Crippen molar-refractivity contribution in [3.05, 3.63) is 64.7 Å². The molecular weight excluding hydrogens is 535 g/mol. The normalized spacial score (nSPS) is 14.9. The van der Waals surface area contributed by atoms with Crippen LogP contribution in [0.5, 0.6) is 0 Å². The molecule has 0 spiro atoms. The van der Waals surface area contributed by atoms with E-state index in [1.54, 1.807) is 23.5 Å². The fourth-order valence-corrected chi connectivity index (χ4v) is 5.03. The number of benzene rings is 2. The van der Waals surface area contributed by atoms with Gasteiger partial charge in [0.15, 0.2) is 5.96 Å². The highest BCUT2D eigenvalue weighted by Crippen LogP contribution is 2.21. The first-order valence-corrected chi connectivity index (χ1v) is 11.6. The molecule has 2 N–H and O–H groups in total. The number of sulfonamides is 1. The Kier molecular flexibility index (Phi) is 9.86. The van der Waals surface area contributed by atoms with Gasteiger partial charge in [-0.05, 0) is 48.6 Å². The second-order valence-electron chi connectivity index (χ2n) is 6.95. The third-order valence-electron chi connectivity index (χ3n) is 4.95. The van der Waals surface area contributed by atoms with Crippen LogP contribution in [0.25, 0.3) is 0 Å². The van der Waals surface area contributed by atoms with E-state index in [0.717, 1.165) is 35.4 Å². The number of nitrogens with zero attached hydrogens (tertiary/aromatic N) is 2. The predicted octanol–water partition coefficient (Wildman–Crippen LogP) is 3.65. The maximum Gasteiger partial charge on any atom is 0.243 e. The molecule has 2 aromatic rings. The lowest BCUT2D eigenvalue weighted by Crippen LogP contribution is -2.37. The number of guanidine groups is 1. The van der Waals surface area contributed by atoms with Crippen molar-refractivity contribution < 1.29 is 8.42 Å². The standard InChI is InChI=1S/C21H27ClN4O2S.HI/c1-23-21(24-13-12-18-6-2-3-7-20(18)22)25-16-17-8-10-19(11-9-17)29(27,28)26-14-4-5-15-26;/h2-3,6-11H,4-5,12-16H2,1H3,(H2,23,24,25);1H. The summed E-state index contributed by atoms with van der Waals surface area (Å²) in [4.78, 5) is 4.58. The molecule has 30 heavy (non-hydrogen) atoms. The molecule has 0 bridgehead atoms. The molecule has 0 saturated carbocycles. The number of aliphatic imine (C=N–C) groups is 1. The molecule has 0 unspecified atom stereocenters. The van der Waals surface area contributed by atoms with Crippen molar-refractivity contribution in [3.8, 4) is 0 Å². The van der Waals surface area contributed by atoms with Crippen molar-refractivity contribution in [2.45, 2.75) is 30.7 Å². The van der Waals surface area contributed by atoms with Gasteiger partial charge < -0.3 is 10.6 Å². The summed E-state index contributed by atoms with van der Waals surface area (Å²) in [5.74, 6) is 0.686. The van der Waals surface area contributed by atoms with Gasteiger partial charge in [-0.3, -0.25) is 4.99 Å². The molecule has 1 heterocycles. The number of nitrogens with one attached hydrogen (secondary N) is 2. The van der Waals surface area contributed by atoms with Gasteiger partial charge in [-0.1, -0.05) is 41.9 Å². The van der Waals surface area contributed by atoms with Gasteiger partial charge in [-0.25, -0.2) is 8.42 Å². The van der Waals surface area contributed by atoms with Crippen LogP contribution >= 0.6 is 35.6 Å². The highest BCUT2D eigenvalue weighted by molar-refractivity contribution is 14.0. The Hall–Kier alpha value is -1.36. The maximum absolute atomic E-state index is 12.6. The minimum Gasteiger partial charge on any atom is -0.356 e. The molecule has 1 saturated heterocycles. The Morgan fingerprint density at radius 2 is 1.73 bits per heavy atom. The van der Waals surface area contributed by atoms with E-state index in [0.29, 0.717) is 37.0 Å². The molecule has 164 valence electrons. The van der Waals surface area contributed by atoms with E-state index in [2.05, 4.69) is 15.6 Å². The molecule has 9 heteroatoms. The SMILES string of the molecule is CN=C(NCCc1ccccc1Cl)NCc1ccc(S(=O)(=O)N2CCCC2)cc1.I. The van der Waals surface area contributed by atoms with E-state index in [1.807, 2.05) is 36.4 Å². The van der Waals surface area contributed by atoms with E-state index in [9.17, 15) is 8.42 Å². The van der Waals surface area contributed by atoms with Gasteiger partial charge in [0.1, 0.15) is 0 Å². The van der Waals surface area contributed by atoms with Gasteiger partial charge in [-0.2, -0.15) is 4.31 Å². The van der Waals surface area contributed by atoms with Gasteiger partial charge in [0, 0.05) is 38.2 Å². The summed E-state index contributed by atoms with van der Waals surface area (Å²) in [6.07, 6.45) is 2.66. The minimum absolute atomic E-state index is 0. The maximum atomic E-state index is 12.6. The summed E-state index contributed by atoms with van der Waals surface area (Å²) < 4.78 is 26.7. The Morgan fingerprint density at radius 3 is 2.37 bits per heavy atom. The van der Waals surface area contributed by atoms with Crippen LogP contribution in [0.1, 0.15) is 24.0 Å². The summed E-state index contributed by atoms with van der Waals surface area (Å²) in [6.45, 7) is 2.48. The number of rotatable bonds is 7. The summed E-state index contributed by atoms with van der Waals surface area (Å²) in [7, 11) is -1.65. The lowest BCUT2D eigenvalue weighted by Gasteiger charge is -2.16. The second kappa shape index (κ2) is 11.9. The van der Waals surface area contributed by atoms with Crippen LogP contribution in [-0.2, 0) is 23.0 Å². The zero-order chi connectivity index (χ0) is 20.7. The quantitative estimate of drug-likeness (QED) is 0.307. The van der Waals surface area contributed by atoms with Crippen LogP contribution in [0, 0.1) is 0 Å². The van der Waals surface area contributed by atoms with Crippen LogP contribution < -0.4 is 10.6 Å². The van der Waals surface area contributed by atoms with E-state index < -0.39 is 10.0 Å². The highest BCUT2D eigenvalue weighted by Gasteiger charge is 2.26. The zero-order valence-electron chi connectivity index (χ0n) is 17.0. The molecule has 1 aliphatic rings. The molecule has 0 aromatic heterocycles. The summed E-state index contributed by atoms with van der Waals surface area (Å²) in [5.41, 5.74) is 2.08. The third kappa shape index (κ3) is 6.57. The first-order chi connectivity index (χ1) is 14.0. The smallest absolute Gasteiger partial charge is 0.243 e. The van der Waals surface area contributed by atoms with Gasteiger partial charge in [0.2, 0.25) is 10.0 Å². The number of halogens is 2. The van der Waals surface area contributed by atoms with Crippen LogP contribution in [-0.4, -0.2) is 45.4 Å². The van der Waals surface area contributed by atoms with E-state index in [1.165, 1.54) is 0 Å². The average molecular weight is 563 g/mol. The van der Waals surface area contributed by atoms with E-state index in [-0.39, 0.29) is 24.0 Å². The largest absolute Gasteiger partial charge is 0.356 e. The molecule has 0 aliphatic carbocycles. The zero-order valence-corrected chi connectivity index (χ0v) is 20.9. The molecule has 0 amide bonds. The Balaban J connectivity index is 0.00000320. The monoisotopic (exact) mass is 562 g/mol. The topological polar surface area (TPSA) is 73.8 Å². The Morgan fingerprint density at radius 1 is 1.07 bits per heavy atom. The predicted molar refractivity (Wildman–Crippen MR) is 133 cm³/mol. The van der Waals surface area contributed by atoms with E-state index >= 15 is 0 Å². The fourth-order valence-electron chi connectivity index (χ4n) is 3.28. The van der Waals surface area contributed by atoms with Gasteiger partial charge in [0.05, 0.1) is 4.90 Å². The summed E-state index contributed by atoms with van der Waals surface area (Å²) in [5, 5.41) is 7.28. The first-order valence-electron chi connectivity index (χ1n) is 9.78. The average Bonchev–Trinajstić information content (AvgIpc) is 3.28. The molecule has 1 aliphatic heterocycles. The summed E-state index contributed by atoms with van der Waals surface area (Å²) >= 11 is 6.18. The molecule has 1 fully saturated rings. The van der Waals surface area contributed by atoms with Gasteiger partial charge >= 0.3 is 0 Å². The molecular formula is C21H28ClIN4O2S. The van der Waals surface area contributed by atoms with Crippen molar-refractivity contribution in [2.24, 2.45) is 4.99 Å². The van der Waals surface area contributed by atoms with Crippen molar-refractivity contribution in [1.29, 1.82) is 0 Å². The highest BCUT2D eigenvalue weighted by atomic mass is 127. The lowest BCUT2D eigenvalue weighted by molar-refractivity contribution is 0.477. The van der Waals surface area contributed by atoms with Crippen LogP contribution in [0.2, 0.25) is 5.02 Å². The second-order valence-corrected chi connectivity index (χ2v) is 9.29. The first kappa shape index (κ1) is 24.9. The van der Waals surface area contributed by atoms with Gasteiger partial charge in [0.25, 0.3) is 0 Å². The minimum atomic E-state index is -3.37. The van der Waals surface area contributed by atoms with Crippen molar-refractivity contribution in [2.75, 3.05) is 26.7 Å². The van der Waals surface area contributed by atoms with Gasteiger partial charge in [-0.15, -0.1) is 24.0 Å². The lowest BCUT2D eigenvalue weighted by atomic mass is 10.1. The van der Waals surface area contributed by atoms with Crippen LogP contribution in [0.3, 0.4) is 0 Å².